The molecule has 1 aromatic heterocycles. The van der Waals surface area contributed by atoms with Crippen LogP contribution in [0.4, 0.5) is 0 Å². The molecule has 1 saturated heterocycles. The quantitative estimate of drug-likeness (QED) is 0.944. The molecule has 0 spiro atoms. The summed E-state index contributed by atoms with van der Waals surface area (Å²) >= 11 is 6.16. The predicted octanol–water partition coefficient (Wildman–Crippen LogP) is 2.57. The smallest absolute Gasteiger partial charge is 0.241 e. The van der Waals surface area contributed by atoms with E-state index in [9.17, 15) is 0 Å². The van der Waals surface area contributed by atoms with Crippen LogP contribution in [-0.4, -0.2) is 40.2 Å². The van der Waals surface area contributed by atoms with Gasteiger partial charge >= 0.3 is 0 Å². The standard InChI is InChI=1S/C15H19ClN4O/c1-10-7-20(8-11(2)17-10)9-14-18-15(19-21-14)12-5-3-4-6-13(12)16/h3-6,10-11,17H,7-9H2,1-2H3. The molecule has 3 rings (SSSR count). The lowest BCUT2D eigenvalue weighted by Gasteiger charge is -2.35. The minimum Gasteiger partial charge on any atom is -0.338 e. The summed E-state index contributed by atoms with van der Waals surface area (Å²) in [6.45, 7) is 7.01. The molecule has 1 aromatic carbocycles. The summed E-state index contributed by atoms with van der Waals surface area (Å²) in [6.07, 6.45) is 0. The van der Waals surface area contributed by atoms with Gasteiger partial charge in [0.1, 0.15) is 0 Å². The number of benzene rings is 1. The molecular formula is C15H19ClN4O. The minimum absolute atomic E-state index is 0.472. The largest absolute Gasteiger partial charge is 0.338 e. The maximum Gasteiger partial charge on any atom is 0.241 e. The second-order valence-electron chi connectivity index (χ2n) is 5.65. The third-order valence-electron chi connectivity index (χ3n) is 3.57. The maximum absolute atomic E-state index is 6.16. The van der Waals surface area contributed by atoms with Crippen LogP contribution in [0.25, 0.3) is 11.4 Å². The Morgan fingerprint density at radius 2 is 2.00 bits per heavy atom. The van der Waals surface area contributed by atoms with Crippen LogP contribution in [0, 0.1) is 0 Å². The molecule has 0 aliphatic carbocycles. The van der Waals surface area contributed by atoms with Crippen molar-refractivity contribution in [1.82, 2.24) is 20.4 Å². The predicted molar refractivity (Wildman–Crippen MR) is 82.1 cm³/mol. The van der Waals surface area contributed by atoms with Crippen LogP contribution in [0.3, 0.4) is 0 Å². The lowest BCUT2D eigenvalue weighted by molar-refractivity contribution is 0.149. The van der Waals surface area contributed by atoms with Crippen LogP contribution in [0.5, 0.6) is 0 Å². The number of rotatable bonds is 3. The van der Waals surface area contributed by atoms with E-state index in [1.165, 1.54) is 0 Å². The van der Waals surface area contributed by atoms with Crippen molar-refractivity contribution in [2.45, 2.75) is 32.5 Å². The number of aromatic nitrogens is 2. The molecule has 5 nitrogen and oxygen atoms in total. The first-order valence-corrected chi connectivity index (χ1v) is 7.55. The summed E-state index contributed by atoms with van der Waals surface area (Å²) in [5.41, 5.74) is 0.802. The molecule has 112 valence electrons. The van der Waals surface area contributed by atoms with E-state index in [2.05, 4.69) is 34.2 Å². The molecule has 0 saturated carbocycles. The van der Waals surface area contributed by atoms with Crippen molar-refractivity contribution in [2.24, 2.45) is 0 Å². The number of piperazine rings is 1. The van der Waals surface area contributed by atoms with E-state index in [-0.39, 0.29) is 0 Å². The van der Waals surface area contributed by atoms with Gasteiger partial charge < -0.3 is 9.84 Å². The van der Waals surface area contributed by atoms with Crippen LogP contribution in [0.2, 0.25) is 5.02 Å². The molecule has 6 heteroatoms. The van der Waals surface area contributed by atoms with Crippen molar-refractivity contribution in [3.05, 3.63) is 35.2 Å². The van der Waals surface area contributed by atoms with E-state index in [1.54, 1.807) is 0 Å². The first-order valence-electron chi connectivity index (χ1n) is 7.17. The molecule has 2 aromatic rings. The molecule has 2 atom stereocenters. The fourth-order valence-corrected chi connectivity index (χ4v) is 3.05. The van der Waals surface area contributed by atoms with Crippen molar-refractivity contribution in [2.75, 3.05) is 13.1 Å². The SMILES string of the molecule is CC1CN(Cc2nc(-c3ccccc3Cl)no2)CC(C)N1. The average Bonchev–Trinajstić information content (AvgIpc) is 2.86. The lowest BCUT2D eigenvalue weighted by atomic mass is 10.1. The monoisotopic (exact) mass is 306 g/mol. The number of halogens is 1. The fraction of sp³-hybridized carbons (Fsp3) is 0.467. The van der Waals surface area contributed by atoms with Gasteiger partial charge in [0.15, 0.2) is 0 Å². The third kappa shape index (κ3) is 3.43. The molecular weight excluding hydrogens is 288 g/mol. The Bertz CT molecular complexity index is 605. The summed E-state index contributed by atoms with van der Waals surface area (Å²) in [5.74, 6) is 1.18. The van der Waals surface area contributed by atoms with Crippen molar-refractivity contribution in [3.63, 3.8) is 0 Å². The zero-order valence-corrected chi connectivity index (χ0v) is 13.0. The van der Waals surface area contributed by atoms with Gasteiger partial charge in [0.05, 0.1) is 11.6 Å². The summed E-state index contributed by atoms with van der Waals surface area (Å²) in [6, 6.07) is 8.46. The van der Waals surface area contributed by atoms with Crippen LogP contribution < -0.4 is 5.32 Å². The summed E-state index contributed by atoms with van der Waals surface area (Å²) in [7, 11) is 0. The minimum atomic E-state index is 0.472. The molecule has 1 aliphatic rings. The number of nitrogens with zero attached hydrogens (tertiary/aromatic N) is 3. The van der Waals surface area contributed by atoms with Crippen LogP contribution in [-0.2, 0) is 6.54 Å². The fourth-order valence-electron chi connectivity index (χ4n) is 2.83. The third-order valence-corrected chi connectivity index (χ3v) is 3.90. The van der Waals surface area contributed by atoms with Crippen molar-refractivity contribution in [1.29, 1.82) is 0 Å². The van der Waals surface area contributed by atoms with E-state index in [0.717, 1.165) is 18.7 Å². The van der Waals surface area contributed by atoms with Crippen LogP contribution >= 0.6 is 11.6 Å². The highest BCUT2D eigenvalue weighted by Gasteiger charge is 2.22. The zero-order chi connectivity index (χ0) is 14.8. The van der Waals surface area contributed by atoms with Crippen LogP contribution in [0.15, 0.2) is 28.8 Å². The second kappa shape index (κ2) is 6.13. The van der Waals surface area contributed by atoms with E-state index in [4.69, 9.17) is 16.1 Å². The number of nitrogens with one attached hydrogen (secondary N) is 1. The maximum atomic E-state index is 6.16. The van der Waals surface area contributed by atoms with Gasteiger partial charge in [-0.25, -0.2) is 0 Å². The van der Waals surface area contributed by atoms with Gasteiger partial charge in [-0.1, -0.05) is 28.9 Å². The van der Waals surface area contributed by atoms with Gasteiger partial charge in [-0.2, -0.15) is 4.98 Å². The Hall–Kier alpha value is -1.43. The van der Waals surface area contributed by atoms with Gasteiger partial charge in [-0.15, -0.1) is 0 Å². The molecule has 21 heavy (non-hydrogen) atoms. The molecule has 0 bridgehead atoms. The molecule has 1 N–H and O–H groups in total. The number of hydrogen-bond donors (Lipinski definition) is 1. The van der Waals surface area contributed by atoms with Crippen molar-refractivity contribution >= 4 is 11.6 Å². The van der Waals surface area contributed by atoms with Gasteiger partial charge in [0, 0.05) is 30.7 Å². The molecule has 1 aliphatic heterocycles. The Morgan fingerprint density at radius 1 is 1.29 bits per heavy atom. The highest BCUT2D eigenvalue weighted by molar-refractivity contribution is 6.33. The highest BCUT2D eigenvalue weighted by Crippen LogP contribution is 2.25. The number of hydrogen-bond acceptors (Lipinski definition) is 5. The Kier molecular flexibility index (Phi) is 4.24. The van der Waals surface area contributed by atoms with E-state index >= 15 is 0 Å². The van der Waals surface area contributed by atoms with Gasteiger partial charge in [-0.3, -0.25) is 4.90 Å². The molecule has 0 radical (unpaired) electrons. The average molecular weight is 307 g/mol. The topological polar surface area (TPSA) is 54.2 Å². The van der Waals surface area contributed by atoms with Crippen molar-refractivity contribution in [3.8, 4) is 11.4 Å². The first kappa shape index (κ1) is 14.5. The first-order chi connectivity index (χ1) is 10.1. The van der Waals surface area contributed by atoms with Gasteiger partial charge in [0.25, 0.3) is 0 Å². The Labute approximate surface area is 129 Å². The molecule has 0 amide bonds. The Balaban J connectivity index is 1.72. The normalized spacial score (nSPS) is 23.4. The highest BCUT2D eigenvalue weighted by atomic mass is 35.5. The van der Waals surface area contributed by atoms with E-state index < -0.39 is 0 Å². The summed E-state index contributed by atoms with van der Waals surface area (Å²) < 4.78 is 5.37. The van der Waals surface area contributed by atoms with E-state index in [0.29, 0.717) is 35.4 Å². The molecule has 2 heterocycles. The summed E-state index contributed by atoms with van der Waals surface area (Å²) in [4.78, 5) is 6.79. The second-order valence-corrected chi connectivity index (χ2v) is 6.06. The molecule has 2 unspecified atom stereocenters. The van der Waals surface area contributed by atoms with Crippen LogP contribution in [0.1, 0.15) is 19.7 Å². The van der Waals surface area contributed by atoms with Gasteiger partial charge in [-0.05, 0) is 26.0 Å². The Morgan fingerprint density at radius 3 is 2.71 bits per heavy atom. The van der Waals surface area contributed by atoms with Gasteiger partial charge in [0.2, 0.25) is 11.7 Å². The van der Waals surface area contributed by atoms with E-state index in [1.807, 2.05) is 24.3 Å². The lowest BCUT2D eigenvalue weighted by Crippen LogP contribution is -2.53. The molecule has 1 fully saturated rings. The van der Waals surface area contributed by atoms with Crippen molar-refractivity contribution < 1.29 is 4.52 Å². The summed E-state index contributed by atoms with van der Waals surface area (Å²) in [5, 5.41) is 8.18. The zero-order valence-electron chi connectivity index (χ0n) is 12.2.